The van der Waals surface area contributed by atoms with E-state index >= 15 is 0 Å². The van der Waals surface area contributed by atoms with E-state index in [1.807, 2.05) is 18.2 Å². The second kappa shape index (κ2) is 6.19. The fourth-order valence-corrected chi connectivity index (χ4v) is 4.25. The van der Waals surface area contributed by atoms with Gasteiger partial charge in [-0.05, 0) is 41.8 Å². The predicted octanol–water partition coefficient (Wildman–Crippen LogP) is 7.17. The average molecular weight is 356 g/mol. The van der Waals surface area contributed by atoms with Gasteiger partial charge in [-0.2, -0.15) is 0 Å². The zero-order valence-corrected chi connectivity index (χ0v) is 15.0. The fraction of sp³-hybridized carbons (Fsp3) is 0.0833. The highest BCUT2D eigenvalue weighted by Crippen LogP contribution is 2.39. The number of nitrogens with zero attached hydrogens (tertiary/aromatic N) is 1. The zero-order chi connectivity index (χ0) is 17.5. The molecule has 1 nitrogen and oxygen atoms in total. The van der Waals surface area contributed by atoms with Gasteiger partial charge in [0.15, 0.2) is 0 Å². The van der Waals surface area contributed by atoms with E-state index in [2.05, 4.69) is 77.4 Å². The van der Waals surface area contributed by atoms with E-state index in [0.29, 0.717) is 6.04 Å². The summed E-state index contributed by atoms with van der Waals surface area (Å²) in [5.41, 5.74) is 4.94. The molecule has 0 N–H and O–H groups in total. The highest BCUT2D eigenvalue weighted by atomic mass is 35.5. The van der Waals surface area contributed by atoms with Gasteiger partial charge in [0.2, 0.25) is 0 Å². The van der Waals surface area contributed by atoms with Crippen molar-refractivity contribution in [2.45, 2.75) is 12.5 Å². The van der Waals surface area contributed by atoms with Crippen molar-refractivity contribution in [2.75, 3.05) is 0 Å². The third kappa shape index (κ3) is 2.40. The van der Waals surface area contributed by atoms with Crippen LogP contribution < -0.4 is 0 Å². The van der Waals surface area contributed by atoms with Crippen molar-refractivity contribution in [2.24, 2.45) is 0 Å². The molecule has 2 heteroatoms. The van der Waals surface area contributed by atoms with E-state index in [9.17, 15) is 0 Å². The molecule has 0 bridgehead atoms. The summed E-state index contributed by atoms with van der Waals surface area (Å²) in [7, 11) is 0. The van der Waals surface area contributed by atoms with Gasteiger partial charge in [0.05, 0.1) is 11.6 Å². The van der Waals surface area contributed by atoms with Gasteiger partial charge in [-0.1, -0.05) is 78.4 Å². The van der Waals surface area contributed by atoms with Gasteiger partial charge in [-0.25, -0.2) is 0 Å². The maximum atomic E-state index is 6.27. The highest BCUT2D eigenvalue weighted by Gasteiger charge is 2.18. The third-order valence-electron chi connectivity index (χ3n) is 5.16. The number of hydrogen-bond acceptors (Lipinski definition) is 0. The Bertz CT molecular complexity index is 1180. The van der Waals surface area contributed by atoms with E-state index < -0.39 is 0 Å². The largest absolute Gasteiger partial charge is 0.333 e. The molecule has 0 saturated carbocycles. The summed E-state index contributed by atoms with van der Waals surface area (Å²) in [5, 5.41) is 3.36. The zero-order valence-electron chi connectivity index (χ0n) is 14.3. The van der Waals surface area contributed by atoms with Crippen LogP contribution in [-0.2, 0) is 0 Å². The lowest BCUT2D eigenvalue weighted by Crippen LogP contribution is -2.06. The van der Waals surface area contributed by atoms with Crippen molar-refractivity contribution in [1.29, 1.82) is 0 Å². The summed E-state index contributed by atoms with van der Waals surface area (Å²) in [6.07, 6.45) is 9.83. The summed E-state index contributed by atoms with van der Waals surface area (Å²) >= 11 is 6.27. The molecule has 0 radical (unpaired) electrons. The number of benzene rings is 3. The third-order valence-corrected chi connectivity index (χ3v) is 5.40. The highest BCUT2D eigenvalue weighted by molar-refractivity contribution is 6.31. The molecule has 126 valence electrons. The molecule has 4 aromatic rings. The lowest BCUT2D eigenvalue weighted by atomic mass is 9.99. The summed E-state index contributed by atoms with van der Waals surface area (Å²) in [4.78, 5) is 0. The van der Waals surface area contributed by atoms with Crippen molar-refractivity contribution in [3.8, 4) is 11.1 Å². The van der Waals surface area contributed by atoms with Crippen LogP contribution in [0.5, 0.6) is 0 Å². The van der Waals surface area contributed by atoms with Crippen molar-refractivity contribution in [1.82, 2.24) is 4.57 Å². The number of allylic oxidation sites excluding steroid dienone is 4. The van der Waals surface area contributed by atoms with Crippen molar-refractivity contribution in [3.63, 3.8) is 0 Å². The van der Waals surface area contributed by atoms with Gasteiger partial charge in [0.25, 0.3) is 0 Å². The minimum atomic E-state index is 0.344. The number of rotatable bonds is 2. The van der Waals surface area contributed by atoms with Crippen molar-refractivity contribution >= 4 is 33.4 Å². The molecular weight excluding hydrogens is 338 g/mol. The van der Waals surface area contributed by atoms with Gasteiger partial charge in [0.1, 0.15) is 0 Å². The molecule has 1 atom stereocenters. The molecule has 1 unspecified atom stereocenters. The molecule has 0 spiro atoms. The summed E-state index contributed by atoms with van der Waals surface area (Å²) in [5.74, 6) is 0. The van der Waals surface area contributed by atoms with Gasteiger partial charge >= 0.3 is 0 Å². The van der Waals surface area contributed by atoms with Gasteiger partial charge in [-0.3, -0.25) is 0 Å². The molecule has 0 saturated heterocycles. The van der Waals surface area contributed by atoms with E-state index in [0.717, 1.165) is 17.0 Å². The van der Waals surface area contributed by atoms with E-state index in [-0.39, 0.29) is 0 Å². The summed E-state index contributed by atoms with van der Waals surface area (Å²) < 4.78 is 2.47. The Kier molecular flexibility index (Phi) is 3.69. The molecule has 3 aromatic carbocycles. The van der Waals surface area contributed by atoms with Gasteiger partial charge in [-0.15, -0.1) is 0 Å². The monoisotopic (exact) mass is 355 g/mol. The van der Waals surface area contributed by atoms with Crippen LogP contribution in [0.1, 0.15) is 12.5 Å². The minimum absolute atomic E-state index is 0.344. The van der Waals surface area contributed by atoms with Crippen molar-refractivity contribution in [3.05, 3.63) is 96.1 Å². The SMILES string of the molecule is Clc1cccc(-c2cccc3c2c2ccccc2n3C2C=CC=CC2)c1. The number of halogens is 1. The maximum Gasteiger partial charge on any atom is 0.0560 e. The van der Waals surface area contributed by atoms with Crippen LogP contribution in [0.2, 0.25) is 5.02 Å². The topological polar surface area (TPSA) is 4.93 Å². The Morgan fingerprint density at radius 3 is 2.54 bits per heavy atom. The van der Waals surface area contributed by atoms with E-state index in [4.69, 9.17) is 11.6 Å². The molecule has 5 rings (SSSR count). The maximum absolute atomic E-state index is 6.27. The van der Waals surface area contributed by atoms with Crippen molar-refractivity contribution < 1.29 is 0 Å². The summed E-state index contributed by atoms with van der Waals surface area (Å²) in [6, 6.07) is 23.7. The second-order valence-corrected chi connectivity index (χ2v) is 7.15. The Morgan fingerprint density at radius 1 is 0.846 bits per heavy atom. The van der Waals surface area contributed by atoms with Crippen LogP contribution in [0.4, 0.5) is 0 Å². The van der Waals surface area contributed by atoms with E-state index in [1.165, 1.54) is 27.4 Å². The van der Waals surface area contributed by atoms with Crippen LogP contribution in [0.25, 0.3) is 32.9 Å². The molecule has 0 amide bonds. The quantitative estimate of drug-likeness (QED) is 0.359. The first-order chi connectivity index (χ1) is 12.8. The molecule has 0 fully saturated rings. The van der Waals surface area contributed by atoms with Crippen LogP contribution in [0.15, 0.2) is 91.0 Å². The van der Waals surface area contributed by atoms with Gasteiger partial charge < -0.3 is 4.57 Å². The summed E-state index contributed by atoms with van der Waals surface area (Å²) in [6.45, 7) is 0. The standard InChI is InChI=1S/C24H18ClN/c25-18-9-6-8-17(16-18)20-13-7-15-23-24(20)21-12-4-5-14-22(21)26(23)19-10-2-1-3-11-19/h1-10,12-16,19H,11H2. The smallest absolute Gasteiger partial charge is 0.0560 e. The van der Waals surface area contributed by atoms with Crippen LogP contribution in [0, 0.1) is 0 Å². The molecule has 1 aliphatic carbocycles. The fourth-order valence-electron chi connectivity index (χ4n) is 4.06. The first kappa shape index (κ1) is 15.5. The number of hydrogen-bond donors (Lipinski definition) is 0. The van der Waals surface area contributed by atoms with Crippen LogP contribution in [-0.4, -0.2) is 4.57 Å². The Hall–Kier alpha value is -2.77. The first-order valence-corrected chi connectivity index (χ1v) is 9.31. The normalized spacial score (nSPS) is 16.6. The molecule has 26 heavy (non-hydrogen) atoms. The molecule has 1 heterocycles. The number of fused-ring (bicyclic) bond motifs is 3. The first-order valence-electron chi connectivity index (χ1n) is 8.94. The molecule has 0 aliphatic heterocycles. The Morgan fingerprint density at radius 2 is 1.69 bits per heavy atom. The molecule has 1 aliphatic rings. The van der Waals surface area contributed by atoms with E-state index in [1.54, 1.807) is 0 Å². The number of aromatic nitrogens is 1. The minimum Gasteiger partial charge on any atom is -0.333 e. The van der Waals surface area contributed by atoms with Gasteiger partial charge in [0, 0.05) is 21.3 Å². The molecule has 1 aromatic heterocycles. The lowest BCUT2D eigenvalue weighted by Gasteiger charge is -2.18. The van der Waals surface area contributed by atoms with Crippen LogP contribution in [0.3, 0.4) is 0 Å². The number of para-hydroxylation sites is 1. The van der Waals surface area contributed by atoms with Crippen LogP contribution >= 0.6 is 11.6 Å². The lowest BCUT2D eigenvalue weighted by molar-refractivity contribution is 0.648. The Balaban J connectivity index is 1.88. The predicted molar refractivity (Wildman–Crippen MR) is 112 cm³/mol. The average Bonchev–Trinajstić information content (AvgIpc) is 3.03. The molecular formula is C24H18ClN. The Labute approximate surface area is 157 Å². The second-order valence-electron chi connectivity index (χ2n) is 6.71.